The van der Waals surface area contributed by atoms with Gasteiger partial charge in [0.2, 0.25) is 0 Å². The Morgan fingerprint density at radius 1 is 1.41 bits per heavy atom. The van der Waals surface area contributed by atoms with Crippen molar-refractivity contribution in [3.63, 3.8) is 0 Å². The fourth-order valence-electron chi connectivity index (χ4n) is 3.79. The van der Waals surface area contributed by atoms with Gasteiger partial charge in [-0.1, -0.05) is 0 Å². The molecule has 4 nitrogen and oxygen atoms in total. The number of H-pyrrole nitrogens is 1. The molecule has 4 rings (SSSR count). The smallest absolute Gasteiger partial charge is 0.255 e. The van der Waals surface area contributed by atoms with Crippen LogP contribution in [0.1, 0.15) is 57.2 Å². The number of rotatable bonds is 2. The average Bonchev–Trinajstić information content (AvgIpc) is 3.25. The molecular weight excluding hydrogens is 294 g/mol. The molecule has 1 atom stereocenters. The summed E-state index contributed by atoms with van der Waals surface area (Å²) in [5.41, 5.74) is 4.71. The third kappa shape index (κ3) is 2.28. The van der Waals surface area contributed by atoms with Gasteiger partial charge in [-0.3, -0.25) is 9.89 Å². The highest BCUT2D eigenvalue weighted by Crippen LogP contribution is 2.33. The number of carbonyl (C=O) groups is 1. The molecule has 2 aromatic heterocycles. The molecule has 0 bridgehead atoms. The van der Waals surface area contributed by atoms with Crippen molar-refractivity contribution < 1.29 is 4.79 Å². The van der Waals surface area contributed by atoms with Crippen molar-refractivity contribution in [1.82, 2.24) is 15.1 Å². The minimum absolute atomic E-state index is 0.235. The van der Waals surface area contributed by atoms with Crippen LogP contribution in [0.25, 0.3) is 0 Å². The molecule has 2 aliphatic rings. The van der Waals surface area contributed by atoms with Gasteiger partial charge in [0.15, 0.2) is 0 Å². The van der Waals surface area contributed by atoms with E-state index in [1.54, 1.807) is 11.3 Å². The lowest BCUT2D eigenvalue weighted by atomic mass is 9.95. The van der Waals surface area contributed by atoms with Gasteiger partial charge < -0.3 is 4.90 Å². The van der Waals surface area contributed by atoms with Crippen LogP contribution in [-0.2, 0) is 12.8 Å². The van der Waals surface area contributed by atoms with Gasteiger partial charge in [0.05, 0.1) is 11.8 Å². The monoisotopic (exact) mass is 315 g/mol. The highest BCUT2D eigenvalue weighted by molar-refractivity contribution is 7.10. The van der Waals surface area contributed by atoms with Gasteiger partial charge in [0.1, 0.15) is 0 Å². The number of aromatic nitrogens is 2. The van der Waals surface area contributed by atoms with E-state index in [0.717, 1.165) is 37.9 Å². The molecule has 1 aliphatic carbocycles. The summed E-state index contributed by atoms with van der Waals surface area (Å²) in [7, 11) is 0. The molecule has 1 saturated heterocycles. The number of hydrogen-bond donors (Lipinski definition) is 1. The van der Waals surface area contributed by atoms with E-state index in [4.69, 9.17) is 0 Å². The Morgan fingerprint density at radius 3 is 3.09 bits per heavy atom. The highest BCUT2D eigenvalue weighted by Gasteiger charge is 2.31. The molecule has 0 aromatic carbocycles. The Hall–Kier alpha value is -1.62. The molecule has 3 heterocycles. The summed E-state index contributed by atoms with van der Waals surface area (Å²) in [5, 5.41) is 9.31. The molecule has 0 radical (unpaired) electrons. The van der Waals surface area contributed by atoms with Crippen LogP contribution in [0.2, 0.25) is 0 Å². The largest absolute Gasteiger partial charge is 0.338 e. The van der Waals surface area contributed by atoms with Crippen LogP contribution < -0.4 is 0 Å². The molecule has 116 valence electrons. The number of hydrogen-bond acceptors (Lipinski definition) is 3. The third-order valence-electron chi connectivity index (χ3n) is 5.04. The summed E-state index contributed by atoms with van der Waals surface area (Å²) < 4.78 is 0. The van der Waals surface area contributed by atoms with Crippen molar-refractivity contribution >= 4 is 17.2 Å². The van der Waals surface area contributed by atoms with E-state index in [0.29, 0.717) is 5.92 Å². The summed E-state index contributed by atoms with van der Waals surface area (Å²) in [5.74, 6) is 0.639. The molecule has 1 fully saturated rings. The summed E-state index contributed by atoms with van der Waals surface area (Å²) in [6.07, 6.45) is 7.63. The molecule has 1 N–H and O–H groups in total. The zero-order valence-corrected chi connectivity index (χ0v) is 13.7. The topological polar surface area (TPSA) is 49.0 Å². The Morgan fingerprint density at radius 2 is 2.27 bits per heavy atom. The molecule has 0 spiro atoms. The van der Waals surface area contributed by atoms with Crippen molar-refractivity contribution in [3.8, 4) is 0 Å². The number of aromatic amines is 1. The Balaban J connectivity index is 1.52. The maximum Gasteiger partial charge on any atom is 0.255 e. The van der Waals surface area contributed by atoms with Crippen LogP contribution >= 0.6 is 11.3 Å². The zero-order chi connectivity index (χ0) is 15.1. The Kier molecular flexibility index (Phi) is 3.53. The molecule has 0 unspecified atom stereocenters. The standard InChI is InChI=1S/C17H21N3OS/c1-11-8-18-19-16(11)12-6-7-20(9-12)17(21)14-10-22-15-5-3-2-4-13(14)15/h8,10,12H,2-7,9H2,1H3,(H,18,19)/t12-/m1/s1. The quantitative estimate of drug-likeness (QED) is 0.924. The fraction of sp³-hybridized carbons (Fsp3) is 0.529. The first kappa shape index (κ1) is 14.0. The van der Waals surface area contributed by atoms with Crippen molar-refractivity contribution in [2.45, 2.75) is 44.9 Å². The van der Waals surface area contributed by atoms with Crippen molar-refractivity contribution in [1.29, 1.82) is 0 Å². The van der Waals surface area contributed by atoms with E-state index in [2.05, 4.69) is 22.5 Å². The number of aryl methyl sites for hydroxylation is 2. The minimum Gasteiger partial charge on any atom is -0.338 e. The number of likely N-dealkylation sites (tertiary alicyclic amines) is 1. The van der Waals surface area contributed by atoms with E-state index < -0.39 is 0 Å². The molecule has 2 aromatic rings. The summed E-state index contributed by atoms with van der Waals surface area (Å²) in [6, 6.07) is 0. The van der Waals surface area contributed by atoms with Gasteiger partial charge >= 0.3 is 0 Å². The van der Waals surface area contributed by atoms with Gasteiger partial charge in [-0.05, 0) is 50.2 Å². The number of amides is 1. The van der Waals surface area contributed by atoms with Crippen LogP contribution in [0.5, 0.6) is 0 Å². The maximum atomic E-state index is 12.9. The second kappa shape index (κ2) is 5.54. The van der Waals surface area contributed by atoms with Gasteiger partial charge in [-0.2, -0.15) is 5.10 Å². The normalized spacial score (nSPS) is 21.1. The number of carbonyl (C=O) groups excluding carboxylic acids is 1. The fourth-order valence-corrected chi connectivity index (χ4v) is 4.91. The molecular formula is C17H21N3OS. The Labute approximate surface area is 134 Å². The lowest BCUT2D eigenvalue weighted by Gasteiger charge is -2.18. The summed E-state index contributed by atoms with van der Waals surface area (Å²) in [6.45, 7) is 3.75. The second-order valence-corrected chi connectivity index (χ2v) is 7.43. The molecule has 0 saturated carbocycles. The first-order chi connectivity index (χ1) is 10.7. The van der Waals surface area contributed by atoms with Crippen LogP contribution in [0, 0.1) is 6.92 Å². The highest BCUT2D eigenvalue weighted by atomic mass is 32.1. The minimum atomic E-state index is 0.235. The van der Waals surface area contributed by atoms with E-state index in [-0.39, 0.29) is 5.91 Å². The molecule has 1 amide bonds. The predicted octanol–water partition coefficient (Wildman–Crippen LogP) is 3.29. The van der Waals surface area contributed by atoms with Crippen LogP contribution in [0.4, 0.5) is 0 Å². The van der Waals surface area contributed by atoms with E-state index in [1.807, 2.05) is 11.1 Å². The summed E-state index contributed by atoms with van der Waals surface area (Å²) in [4.78, 5) is 16.4. The van der Waals surface area contributed by atoms with Crippen LogP contribution in [0.15, 0.2) is 11.6 Å². The average molecular weight is 315 g/mol. The predicted molar refractivity (Wildman–Crippen MR) is 87.5 cm³/mol. The Bertz CT molecular complexity index is 703. The number of fused-ring (bicyclic) bond motifs is 1. The number of thiophene rings is 1. The molecule has 22 heavy (non-hydrogen) atoms. The van der Waals surface area contributed by atoms with Crippen LogP contribution in [-0.4, -0.2) is 34.1 Å². The number of nitrogens with zero attached hydrogens (tertiary/aromatic N) is 2. The molecule has 1 aliphatic heterocycles. The van der Waals surface area contributed by atoms with E-state index in [1.165, 1.54) is 34.5 Å². The third-order valence-corrected chi connectivity index (χ3v) is 6.13. The summed E-state index contributed by atoms with van der Waals surface area (Å²) >= 11 is 1.78. The van der Waals surface area contributed by atoms with Gasteiger partial charge in [-0.25, -0.2) is 0 Å². The first-order valence-electron chi connectivity index (χ1n) is 8.12. The molecule has 5 heteroatoms. The van der Waals surface area contributed by atoms with Gasteiger partial charge in [0, 0.05) is 35.0 Å². The van der Waals surface area contributed by atoms with Crippen molar-refractivity contribution in [3.05, 3.63) is 38.8 Å². The van der Waals surface area contributed by atoms with Gasteiger partial charge in [0.25, 0.3) is 5.91 Å². The lowest BCUT2D eigenvalue weighted by Crippen LogP contribution is -2.29. The number of nitrogens with one attached hydrogen (secondary N) is 1. The second-order valence-electron chi connectivity index (χ2n) is 6.46. The zero-order valence-electron chi connectivity index (χ0n) is 12.9. The van der Waals surface area contributed by atoms with Gasteiger partial charge in [-0.15, -0.1) is 11.3 Å². The van der Waals surface area contributed by atoms with E-state index in [9.17, 15) is 4.79 Å². The van der Waals surface area contributed by atoms with Crippen molar-refractivity contribution in [2.75, 3.05) is 13.1 Å². The SMILES string of the molecule is Cc1cn[nH]c1[C@@H]1CCN(C(=O)c2csc3c2CCCC3)C1. The van der Waals surface area contributed by atoms with Crippen LogP contribution in [0.3, 0.4) is 0 Å². The first-order valence-corrected chi connectivity index (χ1v) is 9.00. The lowest BCUT2D eigenvalue weighted by molar-refractivity contribution is 0.0790. The van der Waals surface area contributed by atoms with Crippen molar-refractivity contribution in [2.24, 2.45) is 0 Å². The van der Waals surface area contributed by atoms with E-state index >= 15 is 0 Å². The maximum absolute atomic E-state index is 12.9.